The lowest BCUT2D eigenvalue weighted by molar-refractivity contribution is 0.406. The summed E-state index contributed by atoms with van der Waals surface area (Å²) in [5.74, 6) is 1.53. The minimum atomic E-state index is 0.505. The number of aromatic nitrogens is 1. The van der Waals surface area contributed by atoms with Crippen molar-refractivity contribution in [3.8, 4) is 5.75 Å². The topological polar surface area (TPSA) is 63.7 Å². The summed E-state index contributed by atoms with van der Waals surface area (Å²) in [6, 6.07) is 0. The largest absolute Gasteiger partial charge is 0.496 e. The lowest BCUT2D eigenvalue weighted by Crippen LogP contribution is -2.38. The van der Waals surface area contributed by atoms with Gasteiger partial charge in [-0.2, -0.15) is 0 Å². The zero-order valence-electron chi connectivity index (χ0n) is 13.4. The molecule has 1 aromatic rings. The zero-order valence-corrected chi connectivity index (χ0v) is 13.4. The molecule has 116 valence electrons. The van der Waals surface area contributed by atoms with E-state index in [-0.39, 0.29) is 0 Å². The molecule has 0 bridgehead atoms. The average molecular weight is 290 g/mol. The van der Waals surface area contributed by atoms with Gasteiger partial charge >= 0.3 is 0 Å². The van der Waals surface area contributed by atoms with Gasteiger partial charge in [-0.25, -0.2) is 4.99 Å². The first-order valence-corrected chi connectivity index (χ1v) is 7.67. The lowest BCUT2D eigenvalue weighted by Gasteiger charge is -2.21. The van der Waals surface area contributed by atoms with Gasteiger partial charge in [-0.1, -0.05) is 12.8 Å². The smallest absolute Gasteiger partial charge is 0.191 e. The molecule has 0 spiro atoms. The molecule has 21 heavy (non-hydrogen) atoms. The van der Waals surface area contributed by atoms with Crippen molar-refractivity contribution in [2.75, 3.05) is 20.2 Å². The molecule has 2 rings (SSSR count). The van der Waals surface area contributed by atoms with E-state index in [1.165, 1.54) is 25.7 Å². The van der Waals surface area contributed by atoms with Gasteiger partial charge in [-0.15, -0.1) is 0 Å². The summed E-state index contributed by atoms with van der Waals surface area (Å²) in [6.45, 7) is 6.55. The van der Waals surface area contributed by atoms with E-state index in [4.69, 9.17) is 10.5 Å². The monoisotopic (exact) mass is 290 g/mol. The van der Waals surface area contributed by atoms with Crippen LogP contribution < -0.4 is 10.5 Å². The van der Waals surface area contributed by atoms with Crippen LogP contribution in [-0.2, 0) is 6.54 Å². The van der Waals surface area contributed by atoms with Gasteiger partial charge in [-0.3, -0.25) is 4.98 Å². The molecule has 2 heterocycles. The molecule has 0 unspecified atom stereocenters. The summed E-state index contributed by atoms with van der Waals surface area (Å²) in [7, 11) is 1.69. The van der Waals surface area contributed by atoms with Crippen molar-refractivity contribution in [2.45, 2.75) is 46.1 Å². The second kappa shape index (κ2) is 7.29. The molecule has 1 aliphatic heterocycles. The normalized spacial score (nSPS) is 16.7. The fourth-order valence-corrected chi connectivity index (χ4v) is 2.79. The van der Waals surface area contributed by atoms with Crippen LogP contribution in [0.25, 0.3) is 0 Å². The third kappa shape index (κ3) is 3.86. The van der Waals surface area contributed by atoms with Crippen LogP contribution in [0.15, 0.2) is 11.2 Å². The number of pyridine rings is 1. The molecule has 5 nitrogen and oxygen atoms in total. The highest BCUT2D eigenvalue weighted by molar-refractivity contribution is 5.78. The number of nitrogens with zero attached hydrogens (tertiary/aromatic N) is 3. The van der Waals surface area contributed by atoms with Crippen LogP contribution in [0.1, 0.15) is 42.5 Å². The molecule has 0 amide bonds. The molecule has 0 atom stereocenters. The number of nitrogens with two attached hydrogens (primary N) is 1. The van der Waals surface area contributed by atoms with Crippen LogP contribution in [0.5, 0.6) is 5.75 Å². The molecule has 0 saturated carbocycles. The van der Waals surface area contributed by atoms with Crippen molar-refractivity contribution >= 4 is 5.96 Å². The quantitative estimate of drug-likeness (QED) is 0.686. The number of rotatable bonds is 3. The van der Waals surface area contributed by atoms with Gasteiger partial charge in [0.25, 0.3) is 0 Å². The van der Waals surface area contributed by atoms with Gasteiger partial charge in [0, 0.05) is 30.4 Å². The Morgan fingerprint density at radius 1 is 1.29 bits per heavy atom. The summed E-state index contributed by atoms with van der Waals surface area (Å²) in [6.07, 6.45) is 6.82. The first-order valence-electron chi connectivity index (χ1n) is 7.67. The van der Waals surface area contributed by atoms with Crippen LogP contribution in [0.3, 0.4) is 0 Å². The first kappa shape index (κ1) is 15.6. The van der Waals surface area contributed by atoms with Crippen molar-refractivity contribution in [3.63, 3.8) is 0 Å². The van der Waals surface area contributed by atoms with Gasteiger partial charge in [0.05, 0.1) is 19.3 Å². The third-order valence-corrected chi connectivity index (χ3v) is 4.07. The Hall–Kier alpha value is -1.78. The summed E-state index contributed by atoms with van der Waals surface area (Å²) in [5.41, 5.74) is 9.15. The van der Waals surface area contributed by atoms with Gasteiger partial charge < -0.3 is 15.4 Å². The van der Waals surface area contributed by atoms with Crippen LogP contribution in [0.4, 0.5) is 0 Å². The Labute approximate surface area is 127 Å². The van der Waals surface area contributed by atoms with E-state index in [1.807, 2.05) is 20.0 Å². The van der Waals surface area contributed by atoms with Gasteiger partial charge in [-0.05, 0) is 26.7 Å². The highest BCUT2D eigenvalue weighted by atomic mass is 16.5. The van der Waals surface area contributed by atoms with Crippen molar-refractivity contribution in [1.82, 2.24) is 9.88 Å². The summed E-state index contributed by atoms with van der Waals surface area (Å²) < 4.78 is 5.43. The summed E-state index contributed by atoms with van der Waals surface area (Å²) in [5, 5.41) is 0. The number of aryl methyl sites for hydroxylation is 1. The second-order valence-electron chi connectivity index (χ2n) is 5.62. The standard InChI is InChI=1S/C16H26N4O/c1-12-10-18-14(13(2)15(12)21-3)11-19-16(17)20-8-6-4-5-7-9-20/h10H,4-9,11H2,1-3H3,(H2,17,19). The highest BCUT2D eigenvalue weighted by Crippen LogP contribution is 2.24. The third-order valence-electron chi connectivity index (χ3n) is 4.07. The van der Waals surface area contributed by atoms with Gasteiger partial charge in [0.1, 0.15) is 5.75 Å². The van der Waals surface area contributed by atoms with Crippen molar-refractivity contribution in [3.05, 3.63) is 23.0 Å². The Morgan fingerprint density at radius 2 is 1.95 bits per heavy atom. The van der Waals surface area contributed by atoms with Crippen molar-refractivity contribution in [1.29, 1.82) is 0 Å². The Balaban J connectivity index is 2.09. The van der Waals surface area contributed by atoms with Gasteiger partial charge in [0.15, 0.2) is 5.96 Å². The number of aliphatic imine (C=N–C) groups is 1. The Morgan fingerprint density at radius 3 is 2.57 bits per heavy atom. The van der Waals surface area contributed by atoms with Crippen LogP contribution >= 0.6 is 0 Å². The number of likely N-dealkylation sites (tertiary alicyclic amines) is 1. The van der Waals surface area contributed by atoms with Gasteiger partial charge in [0.2, 0.25) is 0 Å². The number of guanidine groups is 1. The minimum absolute atomic E-state index is 0.505. The maximum Gasteiger partial charge on any atom is 0.191 e. The molecule has 0 radical (unpaired) electrons. The van der Waals surface area contributed by atoms with Crippen LogP contribution in [0.2, 0.25) is 0 Å². The summed E-state index contributed by atoms with van der Waals surface area (Å²) in [4.78, 5) is 11.2. The molecule has 1 aliphatic rings. The first-order chi connectivity index (χ1) is 10.1. The molecule has 5 heteroatoms. The Bertz CT molecular complexity index is 505. The van der Waals surface area contributed by atoms with Crippen LogP contribution in [-0.4, -0.2) is 36.0 Å². The molecule has 2 N–H and O–H groups in total. The van der Waals surface area contributed by atoms with Crippen LogP contribution in [0, 0.1) is 13.8 Å². The van der Waals surface area contributed by atoms with Crippen molar-refractivity contribution in [2.24, 2.45) is 10.7 Å². The van der Waals surface area contributed by atoms with E-state index >= 15 is 0 Å². The second-order valence-corrected chi connectivity index (χ2v) is 5.62. The predicted octanol–water partition coefficient (Wildman–Crippen LogP) is 2.40. The zero-order chi connectivity index (χ0) is 15.2. The maximum atomic E-state index is 6.13. The number of methoxy groups -OCH3 is 1. The van der Waals surface area contributed by atoms with E-state index in [0.717, 1.165) is 35.7 Å². The SMILES string of the molecule is COc1c(C)cnc(CN=C(N)N2CCCCCC2)c1C. The molecule has 0 aromatic carbocycles. The minimum Gasteiger partial charge on any atom is -0.496 e. The Kier molecular flexibility index (Phi) is 5.42. The fourth-order valence-electron chi connectivity index (χ4n) is 2.79. The summed E-state index contributed by atoms with van der Waals surface area (Å²) >= 11 is 0. The van der Waals surface area contributed by atoms with E-state index in [9.17, 15) is 0 Å². The van der Waals surface area contributed by atoms with E-state index in [2.05, 4.69) is 14.9 Å². The van der Waals surface area contributed by atoms with E-state index in [0.29, 0.717) is 12.5 Å². The molecular weight excluding hydrogens is 264 g/mol. The molecule has 1 fully saturated rings. The molecular formula is C16H26N4O. The maximum absolute atomic E-state index is 6.13. The highest BCUT2D eigenvalue weighted by Gasteiger charge is 2.12. The predicted molar refractivity (Wildman–Crippen MR) is 85.6 cm³/mol. The van der Waals surface area contributed by atoms with E-state index < -0.39 is 0 Å². The number of ether oxygens (including phenoxy) is 1. The number of hydrogen-bond donors (Lipinski definition) is 1. The molecule has 0 aliphatic carbocycles. The average Bonchev–Trinajstić information content (AvgIpc) is 2.76. The number of hydrogen-bond acceptors (Lipinski definition) is 3. The van der Waals surface area contributed by atoms with Crippen molar-refractivity contribution < 1.29 is 4.74 Å². The molecule has 1 saturated heterocycles. The lowest BCUT2D eigenvalue weighted by atomic mass is 10.1. The van der Waals surface area contributed by atoms with E-state index in [1.54, 1.807) is 7.11 Å². The molecule has 1 aromatic heterocycles. The fraction of sp³-hybridized carbons (Fsp3) is 0.625.